The quantitative estimate of drug-likeness (QED) is 0.373. The molecule has 5 rings (SSSR count). The molecule has 0 spiro atoms. The Labute approximate surface area is 190 Å². The van der Waals surface area contributed by atoms with E-state index in [0.717, 1.165) is 32.0 Å². The van der Waals surface area contributed by atoms with Gasteiger partial charge in [0.15, 0.2) is 5.11 Å². The van der Waals surface area contributed by atoms with Crippen molar-refractivity contribution in [2.45, 2.75) is 0 Å². The smallest absolute Gasteiger partial charge is 0.258 e. The van der Waals surface area contributed by atoms with Crippen molar-refractivity contribution in [3.63, 3.8) is 0 Å². The highest BCUT2D eigenvalue weighted by atomic mass is 35.5. The number of thiocarbonyl (C=S) groups is 1. The van der Waals surface area contributed by atoms with Crippen molar-refractivity contribution < 1.29 is 4.79 Å². The minimum absolute atomic E-state index is 0.204. The summed E-state index contributed by atoms with van der Waals surface area (Å²) in [6.45, 7) is 0. The molecule has 152 valence electrons. The van der Waals surface area contributed by atoms with Gasteiger partial charge in [0.25, 0.3) is 5.91 Å². The molecular weight excluding hydrogens is 452 g/mol. The fraction of sp³-hybridized carbons (Fsp3) is 0. The van der Waals surface area contributed by atoms with E-state index in [2.05, 4.69) is 25.9 Å². The molecular formula is C21H13ClN6OS2. The molecule has 7 nitrogen and oxygen atoms in total. The second-order valence-corrected chi connectivity index (χ2v) is 8.36. The van der Waals surface area contributed by atoms with Gasteiger partial charge in [-0.05, 0) is 54.0 Å². The molecule has 0 atom stereocenters. The molecule has 0 fully saturated rings. The van der Waals surface area contributed by atoms with Gasteiger partial charge in [-0.1, -0.05) is 47.2 Å². The number of hydrogen-bond acceptors (Lipinski definition) is 6. The average molecular weight is 465 g/mol. The number of anilines is 1. The molecule has 2 aromatic heterocycles. The summed E-state index contributed by atoms with van der Waals surface area (Å²) in [6, 6.07) is 18.5. The Kier molecular flexibility index (Phi) is 5.06. The van der Waals surface area contributed by atoms with E-state index in [0.29, 0.717) is 10.6 Å². The minimum Gasteiger partial charge on any atom is -0.332 e. The van der Waals surface area contributed by atoms with Crippen molar-refractivity contribution in [3.05, 3.63) is 77.6 Å². The molecule has 10 heteroatoms. The number of rotatable bonds is 3. The summed E-state index contributed by atoms with van der Waals surface area (Å²) in [5.74, 6) is -0.304. The predicted molar refractivity (Wildman–Crippen MR) is 127 cm³/mol. The van der Waals surface area contributed by atoms with E-state index in [1.165, 1.54) is 11.3 Å². The van der Waals surface area contributed by atoms with Crippen LogP contribution >= 0.6 is 35.2 Å². The van der Waals surface area contributed by atoms with Gasteiger partial charge < -0.3 is 5.32 Å². The fourth-order valence-electron chi connectivity index (χ4n) is 3.18. The summed E-state index contributed by atoms with van der Waals surface area (Å²) in [6.07, 6.45) is 1.57. The maximum absolute atomic E-state index is 12.8. The van der Waals surface area contributed by atoms with Crippen LogP contribution in [0, 0.1) is 0 Å². The number of nitrogens with one attached hydrogen (secondary N) is 2. The van der Waals surface area contributed by atoms with Gasteiger partial charge in [-0.2, -0.15) is 9.61 Å². The number of carbonyl (C=O) groups excluding carboxylic acids is 1. The van der Waals surface area contributed by atoms with Crippen LogP contribution in [0.5, 0.6) is 0 Å². The monoisotopic (exact) mass is 464 g/mol. The molecule has 0 radical (unpaired) electrons. The zero-order valence-corrected chi connectivity index (χ0v) is 18.1. The van der Waals surface area contributed by atoms with E-state index in [1.807, 2.05) is 42.5 Å². The van der Waals surface area contributed by atoms with Crippen molar-refractivity contribution in [2.75, 3.05) is 5.32 Å². The third-order valence-electron chi connectivity index (χ3n) is 4.62. The van der Waals surface area contributed by atoms with E-state index in [4.69, 9.17) is 23.8 Å². The van der Waals surface area contributed by atoms with Crippen LogP contribution in [0.3, 0.4) is 0 Å². The largest absolute Gasteiger partial charge is 0.332 e. The van der Waals surface area contributed by atoms with E-state index in [9.17, 15) is 4.79 Å². The lowest BCUT2D eigenvalue weighted by molar-refractivity contribution is 0.0979. The van der Waals surface area contributed by atoms with Crippen molar-refractivity contribution in [3.8, 4) is 10.6 Å². The zero-order valence-electron chi connectivity index (χ0n) is 15.7. The van der Waals surface area contributed by atoms with E-state index >= 15 is 0 Å². The predicted octanol–water partition coefficient (Wildman–Crippen LogP) is 4.79. The molecule has 0 aliphatic heterocycles. The van der Waals surface area contributed by atoms with Gasteiger partial charge in [0.2, 0.25) is 4.96 Å². The summed E-state index contributed by atoms with van der Waals surface area (Å²) in [7, 11) is 0. The first-order valence-corrected chi connectivity index (χ1v) is 10.8. The molecule has 5 aromatic rings. The lowest BCUT2D eigenvalue weighted by Crippen LogP contribution is -2.34. The molecule has 31 heavy (non-hydrogen) atoms. The number of amides is 1. The molecule has 0 unspecified atom stereocenters. The van der Waals surface area contributed by atoms with Crippen LogP contribution in [-0.2, 0) is 0 Å². The first kappa shape index (κ1) is 19.6. The highest BCUT2D eigenvalue weighted by Gasteiger charge is 2.13. The van der Waals surface area contributed by atoms with Crippen LogP contribution in [-0.4, -0.2) is 30.8 Å². The van der Waals surface area contributed by atoms with Crippen molar-refractivity contribution in [1.82, 2.24) is 25.1 Å². The number of fused-ring (bicyclic) bond motifs is 2. The number of benzene rings is 3. The van der Waals surface area contributed by atoms with E-state index in [-0.39, 0.29) is 11.0 Å². The Morgan fingerprint density at radius 2 is 1.81 bits per heavy atom. The summed E-state index contributed by atoms with van der Waals surface area (Å²) in [4.78, 5) is 13.5. The lowest BCUT2D eigenvalue weighted by atomic mass is 10.0. The van der Waals surface area contributed by atoms with Crippen molar-refractivity contribution >= 4 is 67.6 Å². The zero-order chi connectivity index (χ0) is 21.4. The average Bonchev–Trinajstić information content (AvgIpc) is 3.36. The Morgan fingerprint density at radius 3 is 2.61 bits per heavy atom. The van der Waals surface area contributed by atoms with Crippen LogP contribution in [0.1, 0.15) is 10.4 Å². The van der Waals surface area contributed by atoms with Gasteiger partial charge in [-0.15, -0.1) is 10.2 Å². The summed E-state index contributed by atoms with van der Waals surface area (Å²) in [5, 5.41) is 21.2. The number of halogens is 1. The van der Waals surface area contributed by atoms with Gasteiger partial charge in [0.1, 0.15) is 11.3 Å². The Bertz CT molecular complexity index is 1420. The maximum atomic E-state index is 12.8. The Morgan fingerprint density at radius 1 is 1.03 bits per heavy atom. The SMILES string of the molecule is O=C(NC(=S)Nc1ccc(-c2nn3cnnc3s2)cc1)c1cccc2c(Cl)cccc12. The molecule has 1 amide bonds. The van der Waals surface area contributed by atoms with Crippen LogP contribution in [0.25, 0.3) is 26.3 Å². The van der Waals surface area contributed by atoms with Crippen LogP contribution < -0.4 is 10.6 Å². The van der Waals surface area contributed by atoms with E-state index in [1.54, 1.807) is 29.0 Å². The minimum atomic E-state index is -0.304. The lowest BCUT2D eigenvalue weighted by Gasteiger charge is -2.11. The van der Waals surface area contributed by atoms with Crippen LogP contribution in [0.15, 0.2) is 67.0 Å². The summed E-state index contributed by atoms with van der Waals surface area (Å²) >= 11 is 13.0. The molecule has 0 saturated heterocycles. The van der Waals surface area contributed by atoms with Gasteiger partial charge in [-0.3, -0.25) is 10.1 Å². The summed E-state index contributed by atoms with van der Waals surface area (Å²) < 4.78 is 1.64. The first-order valence-electron chi connectivity index (χ1n) is 9.15. The molecule has 0 aliphatic rings. The highest BCUT2D eigenvalue weighted by molar-refractivity contribution is 7.80. The molecule has 0 bridgehead atoms. The van der Waals surface area contributed by atoms with Crippen LogP contribution in [0.2, 0.25) is 5.02 Å². The van der Waals surface area contributed by atoms with Gasteiger partial charge in [0, 0.05) is 27.2 Å². The second-order valence-electron chi connectivity index (χ2n) is 6.59. The molecule has 2 N–H and O–H groups in total. The molecule has 0 saturated carbocycles. The number of nitrogens with zero attached hydrogens (tertiary/aromatic N) is 4. The fourth-order valence-corrected chi connectivity index (χ4v) is 4.45. The second kappa shape index (κ2) is 8.03. The van der Waals surface area contributed by atoms with Gasteiger partial charge in [0.05, 0.1) is 0 Å². The topological polar surface area (TPSA) is 84.2 Å². The number of carbonyl (C=O) groups is 1. The van der Waals surface area contributed by atoms with E-state index < -0.39 is 0 Å². The first-order chi connectivity index (χ1) is 15.1. The highest BCUT2D eigenvalue weighted by Crippen LogP contribution is 2.27. The van der Waals surface area contributed by atoms with Crippen molar-refractivity contribution in [2.24, 2.45) is 0 Å². The third kappa shape index (κ3) is 3.86. The maximum Gasteiger partial charge on any atom is 0.258 e. The molecule has 3 aromatic carbocycles. The van der Waals surface area contributed by atoms with Gasteiger partial charge >= 0.3 is 0 Å². The standard InChI is InChI=1S/C21H13ClN6OS2/c22-17-6-2-3-14-15(17)4-1-5-16(14)18(29)25-20(30)24-13-9-7-12(8-10-13)19-27-28-11-23-26-21(28)31-19/h1-11H,(H2,24,25,29,30). The van der Waals surface area contributed by atoms with Gasteiger partial charge in [-0.25, -0.2) is 0 Å². The molecule has 2 heterocycles. The number of aromatic nitrogens is 4. The third-order valence-corrected chi connectivity index (χ3v) is 6.11. The Hall–Kier alpha value is -3.40. The van der Waals surface area contributed by atoms with Crippen molar-refractivity contribution in [1.29, 1.82) is 0 Å². The summed E-state index contributed by atoms with van der Waals surface area (Å²) in [5.41, 5.74) is 2.20. The molecule has 0 aliphatic carbocycles. The Balaban J connectivity index is 1.29. The number of hydrogen-bond donors (Lipinski definition) is 2. The normalized spacial score (nSPS) is 11.0. The van der Waals surface area contributed by atoms with Crippen LogP contribution in [0.4, 0.5) is 5.69 Å².